The Morgan fingerprint density at radius 2 is 2.18 bits per heavy atom. The molecule has 66 valence electrons. The Hall–Kier alpha value is -0.220. The molecule has 0 radical (unpaired) electrons. The lowest BCUT2D eigenvalue weighted by Gasteiger charge is -2.17. The molecule has 0 bridgehead atoms. The van der Waals surface area contributed by atoms with Gasteiger partial charge in [-0.25, -0.2) is 0 Å². The number of hydrogen-bond donors (Lipinski definition) is 2. The molecule has 0 amide bonds. The number of carbonyl (C=O) groups is 1. The summed E-state index contributed by atoms with van der Waals surface area (Å²) in [6.07, 6.45) is 0.876. The summed E-state index contributed by atoms with van der Waals surface area (Å²) in [5.74, 6) is 0.0509. The molecule has 0 aliphatic heterocycles. The minimum Gasteiger partial charge on any atom is -0.480 e. The fraction of sp³-hybridized carbons (Fsp3) is 0.857. The Kier molecular flexibility index (Phi) is 4.52. The number of hydrogen-bond acceptors (Lipinski definition) is 3. The molecule has 0 aromatic carbocycles. The molecule has 11 heavy (non-hydrogen) atoms. The monoisotopic (exact) mass is 177 g/mol. The van der Waals surface area contributed by atoms with E-state index in [2.05, 4.69) is 0 Å². The summed E-state index contributed by atoms with van der Waals surface area (Å²) in [6.45, 7) is 4.04. The van der Waals surface area contributed by atoms with Gasteiger partial charge in [0.15, 0.2) is 0 Å². The van der Waals surface area contributed by atoms with Crippen LogP contribution in [-0.2, 0) is 4.79 Å². The van der Waals surface area contributed by atoms with Gasteiger partial charge in [-0.1, -0.05) is 0 Å². The van der Waals surface area contributed by atoms with Gasteiger partial charge in [-0.3, -0.25) is 4.79 Å². The van der Waals surface area contributed by atoms with Crippen molar-refractivity contribution < 1.29 is 9.90 Å². The van der Waals surface area contributed by atoms with E-state index in [9.17, 15) is 4.79 Å². The summed E-state index contributed by atoms with van der Waals surface area (Å²) in [4.78, 5) is 10.6. The summed E-state index contributed by atoms with van der Waals surface area (Å²) < 4.78 is -0.671. The molecular weight excluding hydrogens is 162 g/mol. The van der Waals surface area contributed by atoms with Crippen LogP contribution in [0.25, 0.3) is 0 Å². The van der Waals surface area contributed by atoms with E-state index in [0.29, 0.717) is 6.54 Å². The molecule has 3 N–H and O–H groups in total. The van der Waals surface area contributed by atoms with Crippen LogP contribution in [0, 0.1) is 0 Å². The first-order chi connectivity index (χ1) is 5.00. The number of nitrogens with two attached hydrogens (primary N) is 1. The third kappa shape index (κ3) is 4.27. The minimum absolute atomic E-state index is 0.628. The van der Waals surface area contributed by atoms with E-state index in [1.165, 1.54) is 11.8 Å². The lowest BCUT2D eigenvalue weighted by molar-refractivity contribution is -0.138. The zero-order chi connectivity index (χ0) is 8.91. The first-order valence-electron chi connectivity index (χ1n) is 3.58. The van der Waals surface area contributed by atoms with Crippen molar-refractivity contribution in [2.75, 3.05) is 12.3 Å². The molecule has 3 nitrogen and oxygen atoms in total. The van der Waals surface area contributed by atoms with E-state index in [1.807, 2.05) is 0 Å². The maximum absolute atomic E-state index is 10.6. The summed E-state index contributed by atoms with van der Waals surface area (Å²) in [6, 6.07) is 0. The molecule has 0 aliphatic rings. The topological polar surface area (TPSA) is 63.3 Å². The van der Waals surface area contributed by atoms with Crippen LogP contribution in [0.2, 0.25) is 0 Å². The first-order valence-corrected chi connectivity index (χ1v) is 4.56. The Morgan fingerprint density at radius 1 is 1.64 bits per heavy atom. The van der Waals surface area contributed by atoms with Gasteiger partial charge in [-0.2, -0.15) is 0 Å². The molecule has 0 saturated heterocycles. The van der Waals surface area contributed by atoms with E-state index >= 15 is 0 Å². The van der Waals surface area contributed by atoms with Gasteiger partial charge < -0.3 is 10.8 Å². The van der Waals surface area contributed by atoms with Crippen LogP contribution in [0.3, 0.4) is 0 Å². The molecule has 0 heterocycles. The summed E-state index contributed by atoms with van der Waals surface area (Å²) in [7, 11) is 0. The molecular formula is C7H15NO2S. The maximum Gasteiger partial charge on any atom is 0.319 e. The van der Waals surface area contributed by atoms with E-state index in [4.69, 9.17) is 10.8 Å². The van der Waals surface area contributed by atoms with Crippen molar-refractivity contribution in [1.29, 1.82) is 0 Å². The fourth-order valence-electron chi connectivity index (χ4n) is 0.472. The average Bonchev–Trinajstić information content (AvgIpc) is 1.88. The fourth-order valence-corrected chi connectivity index (χ4v) is 1.42. The van der Waals surface area contributed by atoms with Crippen LogP contribution >= 0.6 is 11.8 Å². The quantitative estimate of drug-likeness (QED) is 0.613. The Bertz CT molecular complexity index is 136. The van der Waals surface area contributed by atoms with Crippen LogP contribution in [0.15, 0.2) is 0 Å². The molecule has 0 spiro atoms. The third-order valence-electron chi connectivity index (χ3n) is 1.33. The molecule has 0 aromatic heterocycles. The van der Waals surface area contributed by atoms with Crippen molar-refractivity contribution in [3.63, 3.8) is 0 Å². The maximum atomic E-state index is 10.6. The lowest BCUT2D eigenvalue weighted by Crippen LogP contribution is -2.27. The number of thioether (sulfide) groups is 1. The second kappa shape index (κ2) is 4.62. The molecule has 0 aromatic rings. The van der Waals surface area contributed by atoms with Gasteiger partial charge in [-0.05, 0) is 32.6 Å². The molecule has 0 rings (SSSR count). The predicted octanol–water partition coefficient (Wildman–Crippen LogP) is 0.932. The first kappa shape index (κ1) is 10.8. The van der Waals surface area contributed by atoms with Gasteiger partial charge in [0.05, 0.1) is 0 Å². The molecule has 0 fully saturated rings. The lowest BCUT2D eigenvalue weighted by atomic mass is 10.2. The molecule has 4 heteroatoms. The van der Waals surface area contributed by atoms with E-state index in [-0.39, 0.29) is 0 Å². The van der Waals surface area contributed by atoms with E-state index in [1.54, 1.807) is 13.8 Å². The number of rotatable bonds is 5. The van der Waals surface area contributed by atoms with Gasteiger partial charge in [-0.15, -0.1) is 11.8 Å². The van der Waals surface area contributed by atoms with Crippen molar-refractivity contribution in [2.45, 2.75) is 25.0 Å². The summed E-state index contributed by atoms with van der Waals surface area (Å²) in [5.41, 5.74) is 5.27. The van der Waals surface area contributed by atoms with Gasteiger partial charge in [0.25, 0.3) is 0 Å². The zero-order valence-electron chi connectivity index (χ0n) is 6.96. The summed E-state index contributed by atoms with van der Waals surface area (Å²) >= 11 is 1.43. The number of aliphatic carboxylic acids is 1. The predicted molar refractivity (Wildman–Crippen MR) is 47.8 cm³/mol. The van der Waals surface area contributed by atoms with Gasteiger partial charge in [0.2, 0.25) is 0 Å². The highest BCUT2D eigenvalue weighted by Gasteiger charge is 2.26. The molecule has 0 unspecified atom stereocenters. The Morgan fingerprint density at radius 3 is 2.55 bits per heavy atom. The minimum atomic E-state index is -0.764. The van der Waals surface area contributed by atoms with Crippen LogP contribution < -0.4 is 5.73 Å². The van der Waals surface area contributed by atoms with Crippen molar-refractivity contribution in [3.05, 3.63) is 0 Å². The highest BCUT2D eigenvalue weighted by Crippen LogP contribution is 2.24. The van der Waals surface area contributed by atoms with Gasteiger partial charge in [0, 0.05) is 0 Å². The second-order valence-electron chi connectivity index (χ2n) is 2.81. The zero-order valence-corrected chi connectivity index (χ0v) is 7.78. The smallest absolute Gasteiger partial charge is 0.319 e. The van der Waals surface area contributed by atoms with Crippen LogP contribution in [-0.4, -0.2) is 28.1 Å². The number of carboxylic acids is 1. The standard InChI is InChI=1S/C7H15NO2S/c1-7(2,6(9)10)11-5-3-4-8/h3-5,8H2,1-2H3,(H,9,10). The number of carboxylic acid groups (broad SMARTS) is 1. The Balaban J connectivity index is 3.64. The average molecular weight is 177 g/mol. The van der Waals surface area contributed by atoms with Crippen LogP contribution in [0.4, 0.5) is 0 Å². The van der Waals surface area contributed by atoms with Crippen molar-refractivity contribution >= 4 is 17.7 Å². The second-order valence-corrected chi connectivity index (χ2v) is 4.52. The SMILES string of the molecule is CC(C)(SCCCN)C(=O)O. The van der Waals surface area contributed by atoms with E-state index in [0.717, 1.165) is 12.2 Å². The van der Waals surface area contributed by atoms with Crippen LogP contribution in [0.1, 0.15) is 20.3 Å². The molecule has 0 atom stereocenters. The van der Waals surface area contributed by atoms with Crippen molar-refractivity contribution in [1.82, 2.24) is 0 Å². The summed E-state index contributed by atoms with van der Waals surface area (Å²) in [5, 5.41) is 8.69. The third-order valence-corrected chi connectivity index (χ3v) is 2.72. The van der Waals surface area contributed by atoms with E-state index < -0.39 is 10.7 Å². The highest BCUT2D eigenvalue weighted by molar-refractivity contribution is 8.01. The van der Waals surface area contributed by atoms with Gasteiger partial charge >= 0.3 is 5.97 Å². The molecule has 0 aliphatic carbocycles. The van der Waals surface area contributed by atoms with Crippen molar-refractivity contribution in [2.24, 2.45) is 5.73 Å². The normalized spacial score (nSPS) is 11.5. The van der Waals surface area contributed by atoms with Gasteiger partial charge in [0.1, 0.15) is 4.75 Å². The molecule has 0 saturated carbocycles. The highest BCUT2D eigenvalue weighted by atomic mass is 32.2. The Labute approximate surface area is 71.3 Å². The van der Waals surface area contributed by atoms with Crippen molar-refractivity contribution in [3.8, 4) is 0 Å². The largest absolute Gasteiger partial charge is 0.480 e. The van der Waals surface area contributed by atoms with Crippen LogP contribution in [0.5, 0.6) is 0 Å².